The molecular formula is C7H7ClN4O2. The van der Waals surface area contributed by atoms with Crippen molar-refractivity contribution in [3.8, 4) is 0 Å². The summed E-state index contributed by atoms with van der Waals surface area (Å²) in [4.78, 5) is 19.4. The maximum Gasteiger partial charge on any atom is 0.348 e. The van der Waals surface area contributed by atoms with Crippen molar-refractivity contribution in [1.82, 2.24) is 9.97 Å². The van der Waals surface area contributed by atoms with Gasteiger partial charge in [0.25, 0.3) is 0 Å². The third-order valence-corrected chi connectivity index (χ3v) is 2.37. The molecule has 6 nitrogen and oxygen atoms in total. The summed E-state index contributed by atoms with van der Waals surface area (Å²) in [6, 6.07) is 0. The van der Waals surface area contributed by atoms with Gasteiger partial charge in [-0.25, -0.2) is 9.97 Å². The molecule has 1 aromatic heterocycles. The minimum Gasteiger partial charge on any atom is -0.351 e. The minimum atomic E-state index is -0.546. The first-order valence-electron chi connectivity index (χ1n) is 4.10. The van der Waals surface area contributed by atoms with Crippen molar-refractivity contribution in [3.05, 3.63) is 21.6 Å². The monoisotopic (exact) mass is 214 g/mol. The summed E-state index contributed by atoms with van der Waals surface area (Å²) in [7, 11) is 0. The molecule has 1 aromatic rings. The van der Waals surface area contributed by atoms with Crippen LogP contribution in [0.15, 0.2) is 6.33 Å². The zero-order chi connectivity index (χ0) is 10.1. The van der Waals surface area contributed by atoms with E-state index in [1.807, 2.05) is 4.90 Å². The second-order valence-electron chi connectivity index (χ2n) is 2.93. The van der Waals surface area contributed by atoms with E-state index in [1.54, 1.807) is 0 Å². The van der Waals surface area contributed by atoms with E-state index in [4.69, 9.17) is 11.6 Å². The van der Waals surface area contributed by atoms with Crippen LogP contribution in [-0.4, -0.2) is 28.0 Å². The smallest absolute Gasteiger partial charge is 0.348 e. The van der Waals surface area contributed by atoms with Gasteiger partial charge in [-0.1, -0.05) is 11.6 Å². The third kappa shape index (κ3) is 1.37. The SMILES string of the molecule is O=[N+]([O-])c1c(Cl)ncnc1N1CCC1. The lowest BCUT2D eigenvalue weighted by atomic mass is 10.2. The molecule has 0 unspecified atom stereocenters. The van der Waals surface area contributed by atoms with E-state index < -0.39 is 4.92 Å². The van der Waals surface area contributed by atoms with Crippen molar-refractivity contribution < 1.29 is 4.92 Å². The molecule has 0 aromatic carbocycles. The highest BCUT2D eigenvalue weighted by Gasteiger charge is 2.28. The highest BCUT2D eigenvalue weighted by Crippen LogP contribution is 2.33. The van der Waals surface area contributed by atoms with Gasteiger partial charge < -0.3 is 4.90 Å². The normalized spacial score (nSPS) is 15.1. The van der Waals surface area contributed by atoms with E-state index >= 15 is 0 Å². The Morgan fingerprint density at radius 3 is 2.71 bits per heavy atom. The number of hydrogen-bond acceptors (Lipinski definition) is 5. The molecular weight excluding hydrogens is 208 g/mol. The summed E-state index contributed by atoms with van der Waals surface area (Å²) in [6.45, 7) is 1.57. The van der Waals surface area contributed by atoms with Gasteiger partial charge in [0.05, 0.1) is 4.92 Å². The highest BCUT2D eigenvalue weighted by molar-refractivity contribution is 6.31. The van der Waals surface area contributed by atoms with Crippen LogP contribution in [-0.2, 0) is 0 Å². The van der Waals surface area contributed by atoms with Crippen molar-refractivity contribution in [3.63, 3.8) is 0 Å². The summed E-state index contributed by atoms with van der Waals surface area (Å²) < 4.78 is 0. The van der Waals surface area contributed by atoms with Gasteiger partial charge in [0.2, 0.25) is 11.0 Å². The molecule has 0 bridgehead atoms. The topological polar surface area (TPSA) is 72.2 Å². The fraction of sp³-hybridized carbons (Fsp3) is 0.429. The fourth-order valence-corrected chi connectivity index (χ4v) is 1.46. The lowest BCUT2D eigenvalue weighted by molar-refractivity contribution is -0.384. The molecule has 74 valence electrons. The third-order valence-electron chi connectivity index (χ3n) is 2.10. The second-order valence-corrected chi connectivity index (χ2v) is 3.29. The Labute approximate surface area is 84.7 Å². The van der Waals surface area contributed by atoms with Crippen LogP contribution >= 0.6 is 11.6 Å². The van der Waals surface area contributed by atoms with Gasteiger partial charge in [0.15, 0.2) is 0 Å². The average molecular weight is 215 g/mol. The van der Waals surface area contributed by atoms with Gasteiger partial charge in [0, 0.05) is 13.1 Å². The Kier molecular flexibility index (Phi) is 2.20. The van der Waals surface area contributed by atoms with E-state index in [-0.39, 0.29) is 10.8 Å². The molecule has 14 heavy (non-hydrogen) atoms. The van der Waals surface area contributed by atoms with Gasteiger partial charge in [-0.2, -0.15) is 0 Å². The Bertz CT molecular complexity index is 380. The van der Waals surface area contributed by atoms with Crippen LogP contribution in [0, 0.1) is 10.1 Å². The minimum absolute atomic E-state index is 0.105. The van der Waals surface area contributed by atoms with Gasteiger partial charge in [0.1, 0.15) is 6.33 Å². The van der Waals surface area contributed by atoms with Crippen molar-refractivity contribution >= 4 is 23.1 Å². The summed E-state index contributed by atoms with van der Waals surface area (Å²) in [5, 5.41) is 10.6. The van der Waals surface area contributed by atoms with Crippen molar-refractivity contribution in [1.29, 1.82) is 0 Å². The number of anilines is 1. The predicted octanol–water partition coefficient (Wildman–Crippen LogP) is 1.25. The van der Waals surface area contributed by atoms with Crippen molar-refractivity contribution in [2.45, 2.75) is 6.42 Å². The Balaban J connectivity index is 2.46. The van der Waals surface area contributed by atoms with Crippen LogP contribution in [0.2, 0.25) is 5.15 Å². The van der Waals surface area contributed by atoms with Gasteiger partial charge >= 0.3 is 5.69 Å². The molecule has 1 saturated heterocycles. The number of rotatable bonds is 2. The van der Waals surface area contributed by atoms with Crippen LogP contribution in [0.4, 0.5) is 11.5 Å². The summed E-state index contributed by atoms with van der Waals surface area (Å²) >= 11 is 5.63. The first kappa shape index (κ1) is 9.14. The van der Waals surface area contributed by atoms with Gasteiger partial charge in [-0.05, 0) is 6.42 Å². The summed E-state index contributed by atoms with van der Waals surface area (Å²) in [5.74, 6) is 0.321. The number of halogens is 1. The van der Waals surface area contributed by atoms with Crippen LogP contribution in [0.5, 0.6) is 0 Å². The van der Waals surface area contributed by atoms with Crippen LogP contribution in [0.1, 0.15) is 6.42 Å². The molecule has 1 aliphatic rings. The Hall–Kier alpha value is -1.43. The molecule has 0 atom stereocenters. The molecule has 0 saturated carbocycles. The Morgan fingerprint density at radius 1 is 1.50 bits per heavy atom. The van der Waals surface area contributed by atoms with E-state index in [9.17, 15) is 10.1 Å². The molecule has 1 fully saturated rings. The first-order chi connectivity index (χ1) is 6.70. The molecule has 0 radical (unpaired) electrons. The van der Waals surface area contributed by atoms with Gasteiger partial charge in [-0.15, -0.1) is 0 Å². The molecule has 2 rings (SSSR count). The molecule has 1 aliphatic heterocycles. The number of hydrogen-bond donors (Lipinski definition) is 0. The molecule has 0 amide bonds. The number of nitro groups is 1. The largest absolute Gasteiger partial charge is 0.351 e. The quantitative estimate of drug-likeness (QED) is 0.421. The van der Waals surface area contributed by atoms with Crippen LogP contribution in [0.25, 0.3) is 0 Å². The second kappa shape index (κ2) is 3.38. The molecule has 0 N–H and O–H groups in total. The zero-order valence-electron chi connectivity index (χ0n) is 7.18. The van der Waals surface area contributed by atoms with Gasteiger partial charge in [-0.3, -0.25) is 10.1 Å². The first-order valence-corrected chi connectivity index (χ1v) is 4.48. The van der Waals surface area contributed by atoms with Crippen LogP contribution < -0.4 is 4.90 Å². The zero-order valence-corrected chi connectivity index (χ0v) is 7.94. The molecule has 0 aliphatic carbocycles. The summed E-state index contributed by atoms with van der Waals surface area (Å²) in [6.07, 6.45) is 2.27. The lowest BCUT2D eigenvalue weighted by Gasteiger charge is -2.31. The van der Waals surface area contributed by atoms with Crippen LogP contribution in [0.3, 0.4) is 0 Å². The molecule has 2 heterocycles. The fourth-order valence-electron chi connectivity index (χ4n) is 1.27. The predicted molar refractivity (Wildman–Crippen MR) is 50.5 cm³/mol. The average Bonchev–Trinajstić information content (AvgIpc) is 1.99. The molecule has 7 heteroatoms. The van der Waals surface area contributed by atoms with E-state index in [1.165, 1.54) is 6.33 Å². The Morgan fingerprint density at radius 2 is 2.21 bits per heavy atom. The standard InChI is InChI=1S/C7H7ClN4O2/c8-6-5(12(13)14)7(10-4-9-6)11-2-1-3-11/h4H,1-3H2. The van der Waals surface area contributed by atoms with Crippen molar-refractivity contribution in [2.24, 2.45) is 0 Å². The maximum absolute atomic E-state index is 10.7. The lowest BCUT2D eigenvalue weighted by Crippen LogP contribution is -2.38. The van der Waals surface area contributed by atoms with E-state index in [0.29, 0.717) is 5.82 Å². The highest BCUT2D eigenvalue weighted by atomic mass is 35.5. The van der Waals surface area contributed by atoms with E-state index in [2.05, 4.69) is 9.97 Å². The number of nitrogens with zero attached hydrogens (tertiary/aromatic N) is 4. The summed E-state index contributed by atoms with van der Waals surface area (Å²) in [5.41, 5.74) is -0.200. The number of aromatic nitrogens is 2. The maximum atomic E-state index is 10.7. The van der Waals surface area contributed by atoms with E-state index in [0.717, 1.165) is 19.5 Å². The molecule has 0 spiro atoms. The van der Waals surface area contributed by atoms with Crippen molar-refractivity contribution in [2.75, 3.05) is 18.0 Å².